The van der Waals surface area contributed by atoms with Gasteiger partial charge in [-0.3, -0.25) is 9.59 Å². The largest absolute Gasteiger partial charge is 0.456 e. The maximum absolute atomic E-state index is 12.5. The Morgan fingerprint density at radius 3 is 2.03 bits per heavy atom. The molecule has 3 N–H and O–H groups in total. The molecule has 0 spiro atoms. The van der Waals surface area contributed by atoms with E-state index in [-0.39, 0.29) is 22.9 Å². The van der Waals surface area contributed by atoms with E-state index in [9.17, 15) is 18.0 Å². The molecule has 0 saturated heterocycles. The van der Waals surface area contributed by atoms with Gasteiger partial charge in [0.15, 0.2) is 6.61 Å². The molecule has 32 heavy (non-hydrogen) atoms. The Labute approximate surface area is 187 Å². The molecular formula is C24H24N2O5S. The van der Waals surface area contributed by atoms with Crippen LogP contribution in [0.15, 0.2) is 83.8 Å². The van der Waals surface area contributed by atoms with E-state index in [1.807, 2.05) is 60.7 Å². The molecule has 0 heterocycles. The number of nitrogens with one attached hydrogen (secondary N) is 1. The van der Waals surface area contributed by atoms with Crippen LogP contribution in [0, 0.1) is 6.92 Å². The summed E-state index contributed by atoms with van der Waals surface area (Å²) in [5.74, 6) is -1.31. The molecular weight excluding hydrogens is 428 g/mol. The van der Waals surface area contributed by atoms with E-state index in [2.05, 4.69) is 5.32 Å². The van der Waals surface area contributed by atoms with Gasteiger partial charge in [-0.05, 0) is 35.7 Å². The zero-order valence-electron chi connectivity index (χ0n) is 17.5. The van der Waals surface area contributed by atoms with Crippen molar-refractivity contribution in [1.82, 2.24) is 0 Å². The van der Waals surface area contributed by atoms with Gasteiger partial charge in [0.1, 0.15) is 0 Å². The van der Waals surface area contributed by atoms with Crippen molar-refractivity contribution < 1.29 is 22.7 Å². The third kappa shape index (κ3) is 6.26. The number of carbonyl (C=O) groups excluding carboxylic acids is 2. The minimum Gasteiger partial charge on any atom is -0.456 e. The average molecular weight is 453 g/mol. The molecule has 3 aromatic carbocycles. The van der Waals surface area contributed by atoms with Gasteiger partial charge in [-0.25, -0.2) is 13.6 Å². The number of anilines is 1. The molecule has 0 unspecified atom stereocenters. The Morgan fingerprint density at radius 2 is 1.50 bits per heavy atom. The first kappa shape index (κ1) is 23.2. The average Bonchev–Trinajstić information content (AvgIpc) is 2.78. The van der Waals surface area contributed by atoms with Crippen molar-refractivity contribution in [2.24, 2.45) is 5.14 Å². The molecule has 7 nitrogen and oxygen atoms in total. The number of hydrogen-bond donors (Lipinski definition) is 2. The first-order valence-electron chi connectivity index (χ1n) is 9.93. The highest BCUT2D eigenvalue weighted by molar-refractivity contribution is 7.89. The minimum absolute atomic E-state index is 0.0708. The van der Waals surface area contributed by atoms with E-state index >= 15 is 0 Å². The van der Waals surface area contributed by atoms with Crippen LogP contribution in [0.1, 0.15) is 29.0 Å². The van der Waals surface area contributed by atoms with Crippen molar-refractivity contribution in [3.63, 3.8) is 0 Å². The van der Waals surface area contributed by atoms with Crippen LogP contribution in [-0.2, 0) is 24.3 Å². The standard InChI is InChI=1S/C24H24N2O5S/c1-17-12-13-20(14-22(17)32(25,29)30)26-23(27)16-31-24(28)15-21(18-8-4-2-5-9-18)19-10-6-3-7-11-19/h2-14,21H,15-16H2,1H3,(H,26,27)(H2,25,29,30). The molecule has 3 aromatic rings. The summed E-state index contributed by atoms with van der Waals surface area (Å²) in [4.78, 5) is 24.6. The number of benzene rings is 3. The van der Waals surface area contributed by atoms with Crippen LogP contribution in [-0.4, -0.2) is 26.9 Å². The van der Waals surface area contributed by atoms with Crippen molar-refractivity contribution in [3.05, 3.63) is 95.6 Å². The summed E-state index contributed by atoms with van der Waals surface area (Å²) in [7, 11) is -3.92. The normalized spacial score (nSPS) is 11.2. The topological polar surface area (TPSA) is 116 Å². The fraction of sp³-hybridized carbons (Fsp3) is 0.167. The third-order valence-electron chi connectivity index (χ3n) is 4.92. The molecule has 8 heteroatoms. The number of hydrogen-bond acceptors (Lipinski definition) is 5. The van der Waals surface area contributed by atoms with Gasteiger partial charge in [0.2, 0.25) is 10.0 Å². The molecule has 3 rings (SSSR count). The SMILES string of the molecule is Cc1ccc(NC(=O)COC(=O)CC(c2ccccc2)c2ccccc2)cc1S(N)(=O)=O. The monoisotopic (exact) mass is 452 g/mol. The van der Waals surface area contributed by atoms with Gasteiger partial charge >= 0.3 is 5.97 Å². The molecule has 0 atom stereocenters. The summed E-state index contributed by atoms with van der Waals surface area (Å²) in [6.07, 6.45) is 0.0708. The Hall–Kier alpha value is -3.49. The van der Waals surface area contributed by atoms with Gasteiger partial charge in [-0.1, -0.05) is 66.7 Å². The lowest BCUT2D eigenvalue weighted by Gasteiger charge is -2.17. The number of aryl methyl sites for hydroxylation is 1. The second kappa shape index (κ2) is 10.2. The van der Waals surface area contributed by atoms with Crippen LogP contribution in [0.3, 0.4) is 0 Å². The number of nitrogens with two attached hydrogens (primary N) is 1. The van der Waals surface area contributed by atoms with Crippen LogP contribution in [0.25, 0.3) is 0 Å². The number of sulfonamides is 1. The van der Waals surface area contributed by atoms with Crippen molar-refractivity contribution in [1.29, 1.82) is 0 Å². The third-order valence-corrected chi connectivity index (χ3v) is 5.97. The second-order valence-electron chi connectivity index (χ2n) is 7.31. The maximum Gasteiger partial charge on any atom is 0.307 e. The van der Waals surface area contributed by atoms with Crippen LogP contribution in [0.5, 0.6) is 0 Å². The lowest BCUT2D eigenvalue weighted by molar-refractivity contribution is -0.147. The van der Waals surface area contributed by atoms with Crippen LogP contribution < -0.4 is 10.5 Å². The van der Waals surface area contributed by atoms with Crippen LogP contribution in [0.2, 0.25) is 0 Å². The summed E-state index contributed by atoms with van der Waals surface area (Å²) < 4.78 is 28.5. The molecule has 0 saturated carbocycles. The smallest absolute Gasteiger partial charge is 0.307 e. The fourth-order valence-corrected chi connectivity index (χ4v) is 4.16. The molecule has 0 aromatic heterocycles. The van der Waals surface area contributed by atoms with Gasteiger partial charge in [0, 0.05) is 11.6 Å². The number of ether oxygens (including phenoxy) is 1. The molecule has 0 aliphatic heterocycles. The highest BCUT2D eigenvalue weighted by Gasteiger charge is 2.20. The summed E-state index contributed by atoms with van der Waals surface area (Å²) >= 11 is 0. The van der Waals surface area contributed by atoms with Gasteiger partial charge in [0.05, 0.1) is 11.3 Å². The van der Waals surface area contributed by atoms with Crippen LogP contribution in [0.4, 0.5) is 5.69 Å². The van der Waals surface area contributed by atoms with Crippen LogP contribution >= 0.6 is 0 Å². The predicted molar refractivity (Wildman–Crippen MR) is 121 cm³/mol. The lowest BCUT2D eigenvalue weighted by atomic mass is 9.89. The predicted octanol–water partition coefficient (Wildman–Crippen LogP) is 3.35. The number of amides is 1. The highest BCUT2D eigenvalue weighted by atomic mass is 32.2. The molecule has 166 valence electrons. The summed E-state index contributed by atoms with van der Waals surface area (Å²) in [5, 5.41) is 7.71. The summed E-state index contributed by atoms with van der Waals surface area (Å²) in [6, 6.07) is 23.5. The first-order valence-corrected chi connectivity index (χ1v) is 11.5. The quantitative estimate of drug-likeness (QED) is 0.509. The summed E-state index contributed by atoms with van der Waals surface area (Å²) in [6.45, 7) is 1.11. The van der Waals surface area contributed by atoms with E-state index in [1.54, 1.807) is 13.0 Å². The Morgan fingerprint density at radius 1 is 0.938 bits per heavy atom. The number of esters is 1. The summed E-state index contributed by atoms with van der Waals surface area (Å²) in [5.41, 5.74) is 2.64. The fourth-order valence-electron chi connectivity index (χ4n) is 3.35. The second-order valence-corrected chi connectivity index (χ2v) is 8.84. The van der Waals surface area contributed by atoms with E-state index in [0.29, 0.717) is 5.56 Å². The zero-order valence-corrected chi connectivity index (χ0v) is 18.3. The van der Waals surface area contributed by atoms with Crippen molar-refractivity contribution >= 4 is 27.6 Å². The van der Waals surface area contributed by atoms with Gasteiger partial charge in [0.25, 0.3) is 5.91 Å². The first-order chi connectivity index (χ1) is 15.2. The lowest BCUT2D eigenvalue weighted by Crippen LogP contribution is -2.22. The molecule has 0 aliphatic carbocycles. The Balaban J connectivity index is 1.63. The maximum atomic E-state index is 12.5. The molecule has 0 bridgehead atoms. The number of primary sulfonamides is 1. The number of rotatable bonds is 8. The molecule has 0 fully saturated rings. The van der Waals surface area contributed by atoms with E-state index < -0.39 is 28.5 Å². The zero-order chi connectivity index (χ0) is 23.1. The Bertz CT molecular complexity index is 1160. The Kier molecular flexibility index (Phi) is 7.40. The van der Waals surface area contributed by atoms with E-state index in [1.165, 1.54) is 12.1 Å². The van der Waals surface area contributed by atoms with Gasteiger partial charge in [-0.2, -0.15) is 0 Å². The molecule has 0 radical (unpaired) electrons. The van der Waals surface area contributed by atoms with Crippen molar-refractivity contribution in [2.75, 3.05) is 11.9 Å². The van der Waals surface area contributed by atoms with E-state index in [0.717, 1.165) is 11.1 Å². The van der Waals surface area contributed by atoms with Gasteiger partial charge in [-0.15, -0.1) is 0 Å². The molecule has 0 aliphatic rings. The van der Waals surface area contributed by atoms with Crippen molar-refractivity contribution in [3.8, 4) is 0 Å². The highest BCUT2D eigenvalue weighted by Crippen LogP contribution is 2.28. The molecule has 1 amide bonds. The van der Waals surface area contributed by atoms with E-state index in [4.69, 9.17) is 9.88 Å². The minimum atomic E-state index is -3.92. The van der Waals surface area contributed by atoms with Gasteiger partial charge < -0.3 is 10.1 Å². The van der Waals surface area contributed by atoms with Crippen molar-refractivity contribution in [2.45, 2.75) is 24.2 Å². The number of carbonyl (C=O) groups is 2.